The van der Waals surface area contributed by atoms with Crippen molar-refractivity contribution >= 4 is 0 Å². The number of hydrogen-bond donors (Lipinski definition) is 1. The van der Waals surface area contributed by atoms with Crippen LogP contribution in [0.2, 0.25) is 0 Å². The Balaban J connectivity index is 1.73. The van der Waals surface area contributed by atoms with Gasteiger partial charge in [0.25, 0.3) is 0 Å². The Bertz CT molecular complexity index is 223. The molecule has 0 amide bonds. The average molecular weight is 239 g/mol. The number of aliphatic hydroxyl groups is 1. The van der Waals surface area contributed by atoms with E-state index in [0.717, 1.165) is 6.54 Å². The molecule has 1 atom stereocenters. The van der Waals surface area contributed by atoms with Crippen LogP contribution in [0.5, 0.6) is 0 Å². The van der Waals surface area contributed by atoms with Gasteiger partial charge in [0.15, 0.2) is 0 Å². The van der Waals surface area contributed by atoms with Crippen LogP contribution in [0.1, 0.15) is 58.8 Å². The maximum atomic E-state index is 10.3. The van der Waals surface area contributed by atoms with Crippen molar-refractivity contribution in [3.8, 4) is 0 Å². The molecular formula is C15H29NO. The van der Waals surface area contributed by atoms with Gasteiger partial charge < -0.3 is 10.0 Å². The summed E-state index contributed by atoms with van der Waals surface area (Å²) in [5.41, 5.74) is 0.520. The predicted molar refractivity (Wildman–Crippen MR) is 72.0 cm³/mol. The Kier molecular flexibility index (Phi) is 4.48. The van der Waals surface area contributed by atoms with E-state index in [1.54, 1.807) is 0 Å². The Morgan fingerprint density at radius 2 is 1.71 bits per heavy atom. The highest BCUT2D eigenvalue weighted by molar-refractivity contribution is 4.82. The highest BCUT2D eigenvalue weighted by Gasteiger charge is 2.28. The summed E-state index contributed by atoms with van der Waals surface area (Å²) in [6.45, 7) is 8.00. The van der Waals surface area contributed by atoms with Crippen LogP contribution in [0, 0.1) is 11.3 Å². The minimum atomic E-state index is -0.0727. The number of piperidine rings is 1. The third-order valence-corrected chi connectivity index (χ3v) is 4.85. The summed E-state index contributed by atoms with van der Waals surface area (Å²) >= 11 is 0. The van der Waals surface area contributed by atoms with Crippen LogP contribution in [-0.4, -0.2) is 35.7 Å². The van der Waals surface area contributed by atoms with E-state index in [1.165, 1.54) is 58.0 Å². The van der Waals surface area contributed by atoms with Crippen LogP contribution < -0.4 is 0 Å². The van der Waals surface area contributed by atoms with Gasteiger partial charge in [-0.25, -0.2) is 0 Å². The molecule has 100 valence electrons. The lowest BCUT2D eigenvalue weighted by molar-refractivity contribution is 0.0277. The Morgan fingerprint density at radius 1 is 1.12 bits per heavy atom. The standard InChI is InChI=1S/C15H29NO/c1-15(2)8-10-16(11-9-15)12-14(17)13-6-4-3-5-7-13/h13-14,17H,3-12H2,1-2H3. The van der Waals surface area contributed by atoms with Crippen molar-refractivity contribution in [3.63, 3.8) is 0 Å². The van der Waals surface area contributed by atoms with E-state index in [0.29, 0.717) is 11.3 Å². The predicted octanol–water partition coefficient (Wildman–Crippen LogP) is 3.05. The van der Waals surface area contributed by atoms with Crippen molar-refractivity contribution in [2.24, 2.45) is 11.3 Å². The summed E-state index contributed by atoms with van der Waals surface area (Å²) in [6, 6.07) is 0. The van der Waals surface area contributed by atoms with Gasteiger partial charge in [0.1, 0.15) is 0 Å². The van der Waals surface area contributed by atoms with Gasteiger partial charge in [-0.3, -0.25) is 0 Å². The summed E-state index contributed by atoms with van der Waals surface area (Å²) in [7, 11) is 0. The average Bonchev–Trinajstić information content (AvgIpc) is 2.33. The molecule has 1 unspecified atom stereocenters. The summed E-state index contributed by atoms with van der Waals surface area (Å²) in [4.78, 5) is 2.48. The number of aliphatic hydroxyl groups excluding tert-OH is 1. The zero-order valence-electron chi connectivity index (χ0n) is 11.6. The molecular weight excluding hydrogens is 210 g/mol. The number of likely N-dealkylation sites (tertiary alicyclic amines) is 1. The fourth-order valence-electron chi connectivity index (χ4n) is 3.27. The molecule has 0 radical (unpaired) electrons. The van der Waals surface area contributed by atoms with Crippen molar-refractivity contribution in [1.29, 1.82) is 0 Å². The monoisotopic (exact) mass is 239 g/mol. The zero-order chi connectivity index (χ0) is 12.3. The maximum absolute atomic E-state index is 10.3. The van der Waals surface area contributed by atoms with E-state index in [1.807, 2.05) is 0 Å². The van der Waals surface area contributed by atoms with Crippen LogP contribution in [0.15, 0.2) is 0 Å². The smallest absolute Gasteiger partial charge is 0.0695 e. The molecule has 17 heavy (non-hydrogen) atoms. The quantitative estimate of drug-likeness (QED) is 0.818. The van der Waals surface area contributed by atoms with Crippen LogP contribution >= 0.6 is 0 Å². The van der Waals surface area contributed by atoms with Crippen LogP contribution in [0.4, 0.5) is 0 Å². The Labute approximate surface area is 106 Å². The second-order valence-corrected chi connectivity index (χ2v) is 6.93. The third-order valence-electron chi connectivity index (χ3n) is 4.85. The topological polar surface area (TPSA) is 23.5 Å². The SMILES string of the molecule is CC1(C)CCN(CC(O)C2CCCCC2)CC1. The summed E-state index contributed by atoms with van der Waals surface area (Å²) in [5, 5.41) is 10.3. The molecule has 0 aromatic heterocycles. The minimum absolute atomic E-state index is 0.0727. The van der Waals surface area contributed by atoms with Crippen LogP contribution in [0.25, 0.3) is 0 Å². The van der Waals surface area contributed by atoms with Gasteiger partial charge in [-0.1, -0.05) is 33.1 Å². The van der Waals surface area contributed by atoms with E-state index in [4.69, 9.17) is 0 Å². The fourth-order valence-corrected chi connectivity index (χ4v) is 3.27. The number of rotatable bonds is 3. The van der Waals surface area contributed by atoms with Crippen LogP contribution in [0.3, 0.4) is 0 Å². The first kappa shape index (κ1) is 13.4. The second-order valence-electron chi connectivity index (χ2n) is 6.93. The van der Waals surface area contributed by atoms with Gasteiger partial charge in [0, 0.05) is 6.54 Å². The maximum Gasteiger partial charge on any atom is 0.0695 e. The summed E-state index contributed by atoms with van der Waals surface area (Å²) < 4.78 is 0. The minimum Gasteiger partial charge on any atom is -0.392 e. The van der Waals surface area contributed by atoms with Crippen molar-refractivity contribution in [2.75, 3.05) is 19.6 Å². The number of nitrogens with zero attached hydrogens (tertiary/aromatic N) is 1. The van der Waals surface area contributed by atoms with E-state index in [2.05, 4.69) is 18.7 Å². The van der Waals surface area contributed by atoms with Gasteiger partial charge in [-0.2, -0.15) is 0 Å². The van der Waals surface area contributed by atoms with E-state index < -0.39 is 0 Å². The molecule has 1 saturated heterocycles. The van der Waals surface area contributed by atoms with Gasteiger partial charge in [0.2, 0.25) is 0 Å². The Hall–Kier alpha value is -0.0800. The molecule has 1 N–H and O–H groups in total. The van der Waals surface area contributed by atoms with Crippen molar-refractivity contribution in [3.05, 3.63) is 0 Å². The van der Waals surface area contributed by atoms with Crippen molar-refractivity contribution in [2.45, 2.75) is 64.9 Å². The molecule has 2 heteroatoms. The third kappa shape index (κ3) is 3.96. The molecule has 1 saturated carbocycles. The molecule has 2 nitrogen and oxygen atoms in total. The van der Waals surface area contributed by atoms with E-state index in [-0.39, 0.29) is 6.10 Å². The lowest BCUT2D eigenvalue weighted by Gasteiger charge is -2.39. The van der Waals surface area contributed by atoms with Gasteiger partial charge in [-0.15, -0.1) is 0 Å². The first-order chi connectivity index (χ1) is 8.07. The molecule has 0 spiro atoms. The van der Waals surface area contributed by atoms with Crippen molar-refractivity contribution in [1.82, 2.24) is 4.90 Å². The first-order valence-electron chi connectivity index (χ1n) is 7.47. The molecule has 0 aromatic rings. The summed E-state index contributed by atoms with van der Waals surface area (Å²) in [5.74, 6) is 0.582. The van der Waals surface area contributed by atoms with Gasteiger partial charge >= 0.3 is 0 Å². The lowest BCUT2D eigenvalue weighted by Crippen LogP contribution is -2.43. The molecule has 1 aliphatic carbocycles. The normalized spacial score (nSPS) is 29.1. The summed E-state index contributed by atoms with van der Waals surface area (Å²) in [6.07, 6.45) is 9.02. The van der Waals surface area contributed by atoms with E-state index in [9.17, 15) is 5.11 Å². The molecule has 0 bridgehead atoms. The lowest BCUT2D eigenvalue weighted by atomic mass is 9.81. The molecule has 2 rings (SSSR count). The van der Waals surface area contributed by atoms with Gasteiger partial charge in [-0.05, 0) is 50.1 Å². The molecule has 2 fully saturated rings. The fraction of sp³-hybridized carbons (Fsp3) is 1.00. The molecule has 0 aromatic carbocycles. The largest absolute Gasteiger partial charge is 0.392 e. The van der Waals surface area contributed by atoms with Gasteiger partial charge in [0.05, 0.1) is 6.10 Å². The highest BCUT2D eigenvalue weighted by Crippen LogP contribution is 2.31. The molecule has 1 aliphatic heterocycles. The van der Waals surface area contributed by atoms with Crippen LogP contribution in [-0.2, 0) is 0 Å². The number of β-amino-alcohol motifs (C(OH)–C–C–N with tert-alkyl or cyclic N) is 1. The van der Waals surface area contributed by atoms with Crippen molar-refractivity contribution < 1.29 is 5.11 Å². The molecule has 2 aliphatic rings. The van der Waals surface area contributed by atoms with E-state index >= 15 is 0 Å². The first-order valence-corrected chi connectivity index (χ1v) is 7.47. The highest BCUT2D eigenvalue weighted by atomic mass is 16.3. The Morgan fingerprint density at radius 3 is 2.29 bits per heavy atom. The molecule has 1 heterocycles. The second kappa shape index (κ2) is 5.71. The number of hydrogen-bond acceptors (Lipinski definition) is 2. The zero-order valence-corrected chi connectivity index (χ0v) is 11.6.